The van der Waals surface area contributed by atoms with Gasteiger partial charge in [-0.1, -0.05) is 12.1 Å². The lowest BCUT2D eigenvalue weighted by Gasteiger charge is -2.08. The molecule has 0 saturated carbocycles. The number of nitrogens with zero attached hydrogens (tertiary/aromatic N) is 2. The second-order valence-corrected chi connectivity index (χ2v) is 4.57. The summed E-state index contributed by atoms with van der Waals surface area (Å²) < 4.78 is 12.8. The monoisotopic (exact) mass is 273 g/mol. The van der Waals surface area contributed by atoms with E-state index in [1.807, 2.05) is 13.8 Å². The van der Waals surface area contributed by atoms with E-state index in [0.717, 1.165) is 16.8 Å². The molecule has 0 bridgehead atoms. The first-order chi connectivity index (χ1) is 9.58. The van der Waals surface area contributed by atoms with Crippen LogP contribution in [0.5, 0.6) is 0 Å². The number of amides is 1. The Labute approximate surface area is 117 Å². The van der Waals surface area contributed by atoms with Crippen LogP contribution in [0.3, 0.4) is 0 Å². The SMILES string of the molecule is Cc1ncnc(C(=O)NCCc2ccc(F)cc2)c1C. The number of hydrogen-bond donors (Lipinski definition) is 1. The van der Waals surface area contributed by atoms with Gasteiger partial charge in [0.15, 0.2) is 0 Å². The quantitative estimate of drug-likeness (QED) is 0.929. The van der Waals surface area contributed by atoms with Crippen molar-refractivity contribution in [1.29, 1.82) is 0 Å². The molecule has 2 rings (SSSR count). The molecule has 0 atom stereocenters. The van der Waals surface area contributed by atoms with Gasteiger partial charge >= 0.3 is 0 Å². The first kappa shape index (κ1) is 14.1. The largest absolute Gasteiger partial charge is 0.350 e. The van der Waals surface area contributed by atoms with E-state index in [0.29, 0.717) is 18.7 Å². The molecule has 0 unspecified atom stereocenters. The molecule has 2 aromatic rings. The predicted molar refractivity (Wildman–Crippen MR) is 73.9 cm³/mol. The number of aryl methyl sites for hydroxylation is 1. The van der Waals surface area contributed by atoms with Gasteiger partial charge in [0.05, 0.1) is 0 Å². The maximum Gasteiger partial charge on any atom is 0.270 e. The van der Waals surface area contributed by atoms with Gasteiger partial charge in [-0.25, -0.2) is 14.4 Å². The first-order valence-corrected chi connectivity index (χ1v) is 6.39. The predicted octanol–water partition coefficient (Wildman–Crippen LogP) is 2.21. The second-order valence-electron chi connectivity index (χ2n) is 4.57. The molecule has 20 heavy (non-hydrogen) atoms. The van der Waals surface area contributed by atoms with E-state index in [1.54, 1.807) is 12.1 Å². The molecular weight excluding hydrogens is 257 g/mol. The fourth-order valence-electron chi connectivity index (χ4n) is 1.82. The Balaban J connectivity index is 1.92. The van der Waals surface area contributed by atoms with E-state index < -0.39 is 0 Å². The molecule has 1 N–H and O–H groups in total. The van der Waals surface area contributed by atoms with Crippen LogP contribution in [0.15, 0.2) is 30.6 Å². The van der Waals surface area contributed by atoms with Crippen molar-refractivity contribution in [2.24, 2.45) is 0 Å². The van der Waals surface area contributed by atoms with Crippen molar-refractivity contribution >= 4 is 5.91 Å². The summed E-state index contributed by atoms with van der Waals surface area (Å²) in [5, 5.41) is 2.81. The average molecular weight is 273 g/mol. The molecule has 1 aromatic heterocycles. The standard InChI is InChI=1S/C15H16FN3O/c1-10-11(2)18-9-19-14(10)15(20)17-8-7-12-3-5-13(16)6-4-12/h3-6,9H,7-8H2,1-2H3,(H,17,20). The van der Waals surface area contributed by atoms with Crippen LogP contribution >= 0.6 is 0 Å². The molecule has 4 nitrogen and oxygen atoms in total. The molecule has 0 aliphatic carbocycles. The van der Waals surface area contributed by atoms with E-state index in [1.165, 1.54) is 18.5 Å². The second kappa shape index (κ2) is 6.23. The normalized spacial score (nSPS) is 10.3. The molecular formula is C15H16FN3O. The smallest absolute Gasteiger partial charge is 0.270 e. The molecule has 0 spiro atoms. The maximum absolute atomic E-state index is 12.8. The number of rotatable bonds is 4. The Hall–Kier alpha value is -2.30. The number of aromatic nitrogens is 2. The van der Waals surface area contributed by atoms with Crippen LogP contribution < -0.4 is 5.32 Å². The molecule has 104 valence electrons. The minimum absolute atomic E-state index is 0.213. The zero-order chi connectivity index (χ0) is 14.5. The fourth-order valence-corrected chi connectivity index (χ4v) is 1.82. The number of hydrogen-bond acceptors (Lipinski definition) is 3. The van der Waals surface area contributed by atoms with Gasteiger partial charge in [0.1, 0.15) is 17.8 Å². The van der Waals surface area contributed by atoms with Crippen LogP contribution in [-0.4, -0.2) is 22.4 Å². The van der Waals surface area contributed by atoms with E-state index in [9.17, 15) is 9.18 Å². The van der Waals surface area contributed by atoms with Crippen LogP contribution in [0.25, 0.3) is 0 Å². The number of nitrogens with one attached hydrogen (secondary N) is 1. The third kappa shape index (κ3) is 3.38. The number of halogens is 1. The highest BCUT2D eigenvalue weighted by Gasteiger charge is 2.11. The zero-order valence-corrected chi connectivity index (χ0v) is 11.5. The van der Waals surface area contributed by atoms with E-state index in [4.69, 9.17) is 0 Å². The van der Waals surface area contributed by atoms with Gasteiger partial charge in [-0.05, 0) is 38.0 Å². The summed E-state index contributed by atoms with van der Waals surface area (Å²) in [5.74, 6) is -0.472. The van der Waals surface area contributed by atoms with Crippen LogP contribution in [0.4, 0.5) is 4.39 Å². The average Bonchev–Trinajstić information content (AvgIpc) is 2.44. The van der Waals surface area contributed by atoms with Crippen LogP contribution in [0, 0.1) is 19.7 Å². The van der Waals surface area contributed by atoms with Crippen molar-refractivity contribution < 1.29 is 9.18 Å². The topological polar surface area (TPSA) is 54.9 Å². The summed E-state index contributed by atoms with van der Waals surface area (Å²) >= 11 is 0. The molecule has 0 aliphatic rings. The lowest BCUT2D eigenvalue weighted by molar-refractivity contribution is 0.0948. The molecule has 0 saturated heterocycles. The third-order valence-electron chi connectivity index (χ3n) is 3.16. The first-order valence-electron chi connectivity index (χ1n) is 6.39. The fraction of sp³-hybridized carbons (Fsp3) is 0.267. The summed E-state index contributed by atoms with van der Waals surface area (Å²) in [6, 6.07) is 6.24. The Bertz CT molecular complexity index is 611. The molecule has 0 radical (unpaired) electrons. The lowest BCUT2D eigenvalue weighted by Crippen LogP contribution is -2.27. The molecule has 5 heteroatoms. The van der Waals surface area contributed by atoms with Crippen molar-refractivity contribution in [1.82, 2.24) is 15.3 Å². The van der Waals surface area contributed by atoms with Crippen molar-refractivity contribution in [2.45, 2.75) is 20.3 Å². The van der Waals surface area contributed by atoms with E-state index in [-0.39, 0.29) is 11.7 Å². The number of carbonyl (C=O) groups is 1. The van der Waals surface area contributed by atoms with Gasteiger partial charge in [-0.3, -0.25) is 4.79 Å². The lowest BCUT2D eigenvalue weighted by atomic mass is 10.1. The van der Waals surface area contributed by atoms with Gasteiger partial charge < -0.3 is 5.32 Å². The maximum atomic E-state index is 12.8. The Morgan fingerprint density at radius 2 is 1.90 bits per heavy atom. The summed E-state index contributed by atoms with van der Waals surface area (Å²) in [6.45, 7) is 4.14. The van der Waals surface area contributed by atoms with Gasteiger partial charge in [0, 0.05) is 17.8 Å². The van der Waals surface area contributed by atoms with Crippen molar-refractivity contribution in [3.8, 4) is 0 Å². The van der Waals surface area contributed by atoms with E-state index in [2.05, 4.69) is 15.3 Å². The molecule has 1 heterocycles. The third-order valence-corrected chi connectivity index (χ3v) is 3.16. The van der Waals surface area contributed by atoms with Gasteiger partial charge in [-0.15, -0.1) is 0 Å². The van der Waals surface area contributed by atoms with E-state index >= 15 is 0 Å². The summed E-state index contributed by atoms with van der Waals surface area (Å²) in [5.41, 5.74) is 2.95. The molecule has 0 aliphatic heterocycles. The van der Waals surface area contributed by atoms with Crippen LogP contribution in [0.2, 0.25) is 0 Å². The van der Waals surface area contributed by atoms with Crippen molar-refractivity contribution in [3.05, 3.63) is 58.9 Å². The highest BCUT2D eigenvalue weighted by molar-refractivity contribution is 5.93. The summed E-state index contributed by atoms with van der Waals surface area (Å²) in [6.07, 6.45) is 2.03. The minimum Gasteiger partial charge on any atom is -0.350 e. The molecule has 1 amide bonds. The zero-order valence-electron chi connectivity index (χ0n) is 11.5. The Morgan fingerprint density at radius 3 is 2.60 bits per heavy atom. The number of carbonyl (C=O) groups excluding carboxylic acids is 1. The highest BCUT2D eigenvalue weighted by Crippen LogP contribution is 2.07. The summed E-state index contributed by atoms with van der Waals surface area (Å²) in [7, 11) is 0. The highest BCUT2D eigenvalue weighted by atomic mass is 19.1. The van der Waals surface area contributed by atoms with Crippen LogP contribution in [0.1, 0.15) is 27.3 Å². The number of benzene rings is 1. The van der Waals surface area contributed by atoms with Crippen molar-refractivity contribution in [3.63, 3.8) is 0 Å². The molecule has 0 fully saturated rings. The van der Waals surface area contributed by atoms with Gasteiger partial charge in [0.2, 0.25) is 0 Å². The molecule has 1 aromatic carbocycles. The van der Waals surface area contributed by atoms with Gasteiger partial charge in [0.25, 0.3) is 5.91 Å². The van der Waals surface area contributed by atoms with Gasteiger partial charge in [-0.2, -0.15) is 0 Å². The summed E-state index contributed by atoms with van der Waals surface area (Å²) in [4.78, 5) is 20.0. The minimum atomic E-state index is -0.259. The van der Waals surface area contributed by atoms with Crippen LogP contribution in [-0.2, 0) is 6.42 Å². The Kier molecular flexibility index (Phi) is 4.40. The van der Waals surface area contributed by atoms with Crippen molar-refractivity contribution in [2.75, 3.05) is 6.54 Å². The Morgan fingerprint density at radius 1 is 1.20 bits per heavy atom.